The van der Waals surface area contributed by atoms with Crippen molar-refractivity contribution in [3.05, 3.63) is 53.3 Å². The van der Waals surface area contributed by atoms with Gasteiger partial charge in [-0.15, -0.1) is 0 Å². The Morgan fingerprint density at radius 3 is 2.52 bits per heavy atom. The highest BCUT2D eigenvalue weighted by Gasteiger charge is 2.29. The second-order valence-electron chi connectivity index (χ2n) is 7.84. The second kappa shape index (κ2) is 7.71. The number of hydrogen-bond acceptors (Lipinski definition) is 2. The molecule has 0 heterocycles. The Morgan fingerprint density at radius 1 is 1.19 bits per heavy atom. The average molecular weight is 369 g/mol. The van der Waals surface area contributed by atoms with Crippen LogP contribution in [-0.2, 0) is 16.6 Å². The molecule has 0 unspecified atom stereocenters. The molecule has 0 aliphatic heterocycles. The molecule has 0 radical (unpaired) electrons. The summed E-state index contributed by atoms with van der Waals surface area (Å²) in [6, 6.07) is 10.8. The Hall–Kier alpha value is -2.36. The quantitative estimate of drug-likeness (QED) is 0.766. The second-order valence-corrected chi connectivity index (χ2v) is 7.84. The van der Waals surface area contributed by atoms with Gasteiger partial charge in [0.05, 0.1) is 11.5 Å². The molecule has 144 valence electrons. The minimum Gasteiger partial charge on any atom is -0.490 e. The number of amides is 1. The zero-order valence-corrected chi connectivity index (χ0v) is 16.3. The summed E-state index contributed by atoms with van der Waals surface area (Å²) in [6.07, 6.45) is 5.20. The zero-order chi connectivity index (χ0) is 19.6. The van der Waals surface area contributed by atoms with E-state index in [0.29, 0.717) is 12.0 Å². The lowest BCUT2D eigenvalue weighted by Gasteiger charge is -2.24. The monoisotopic (exact) mass is 369 g/mol. The molecule has 1 aliphatic carbocycles. The number of primary amides is 1. The predicted octanol–water partition coefficient (Wildman–Crippen LogP) is 5.14. The fraction of sp³-hybridized carbons (Fsp3) is 0.435. The van der Waals surface area contributed by atoms with Crippen LogP contribution in [0.2, 0.25) is 0 Å². The standard InChI is InChI=1S/C23H28FNO2/c1-4-17-18(10-7-11-20(17)24)19-14-15(23(2,3)22(25)26)12-13-21(19)27-16-8-5-6-9-16/h7,10-14,16H,4-6,8-9H2,1-3H3,(H2,25,26). The number of carbonyl (C=O) groups is 1. The summed E-state index contributed by atoms with van der Waals surface area (Å²) >= 11 is 0. The van der Waals surface area contributed by atoms with E-state index in [0.717, 1.165) is 35.3 Å². The molecular weight excluding hydrogens is 341 g/mol. The van der Waals surface area contributed by atoms with Gasteiger partial charge in [-0.2, -0.15) is 0 Å². The first-order chi connectivity index (χ1) is 12.8. The van der Waals surface area contributed by atoms with Gasteiger partial charge in [-0.05, 0) is 80.8 Å². The maximum atomic E-state index is 14.4. The van der Waals surface area contributed by atoms with Crippen molar-refractivity contribution in [3.8, 4) is 16.9 Å². The number of rotatable bonds is 6. The average Bonchev–Trinajstić information content (AvgIpc) is 3.14. The summed E-state index contributed by atoms with van der Waals surface area (Å²) in [5.74, 6) is 0.125. The van der Waals surface area contributed by atoms with Crippen LogP contribution in [0.3, 0.4) is 0 Å². The minimum absolute atomic E-state index is 0.192. The molecule has 0 saturated heterocycles. The van der Waals surface area contributed by atoms with E-state index < -0.39 is 11.3 Å². The Labute approximate surface area is 160 Å². The van der Waals surface area contributed by atoms with E-state index >= 15 is 0 Å². The largest absolute Gasteiger partial charge is 0.490 e. The van der Waals surface area contributed by atoms with Crippen LogP contribution in [0, 0.1) is 5.82 Å². The first kappa shape index (κ1) is 19.4. The van der Waals surface area contributed by atoms with Crippen LogP contribution >= 0.6 is 0 Å². The molecule has 1 fully saturated rings. The molecule has 3 nitrogen and oxygen atoms in total. The summed E-state index contributed by atoms with van der Waals surface area (Å²) in [7, 11) is 0. The molecule has 2 aromatic rings. The van der Waals surface area contributed by atoms with Crippen LogP contribution in [0.1, 0.15) is 57.6 Å². The summed E-state index contributed by atoms with van der Waals surface area (Å²) in [6.45, 7) is 5.55. The van der Waals surface area contributed by atoms with Crippen molar-refractivity contribution in [1.82, 2.24) is 0 Å². The third kappa shape index (κ3) is 3.85. The summed E-state index contributed by atoms with van der Waals surface area (Å²) in [5, 5.41) is 0. The van der Waals surface area contributed by atoms with E-state index in [1.807, 2.05) is 31.2 Å². The molecule has 4 heteroatoms. The Morgan fingerprint density at radius 2 is 1.89 bits per heavy atom. The first-order valence-electron chi connectivity index (χ1n) is 9.73. The van der Waals surface area contributed by atoms with E-state index in [-0.39, 0.29) is 11.9 Å². The molecule has 2 aromatic carbocycles. The van der Waals surface area contributed by atoms with Gasteiger partial charge in [-0.3, -0.25) is 4.79 Å². The van der Waals surface area contributed by atoms with Gasteiger partial charge in [0.15, 0.2) is 0 Å². The van der Waals surface area contributed by atoms with E-state index in [1.54, 1.807) is 19.9 Å². The number of carbonyl (C=O) groups excluding carboxylic acids is 1. The smallest absolute Gasteiger partial charge is 0.227 e. The van der Waals surface area contributed by atoms with Gasteiger partial charge in [0.25, 0.3) is 0 Å². The molecule has 2 N–H and O–H groups in total. The van der Waals surface area contributed by atoms with Gasteiger partial charge in [-0.1, -0.05) is 25.1 Å². The Bertz CT molecular complexity index is 838. The van der Waals surface area contributed by atoms with Gasteiger partial charge in [0.2, 0.25) is 5.91 Å². The van der Waals surface area contributed by atoms with Crippen LogP contribution in [0.4, 0.5) is 4.39 Å². The van der Waals surface area contributed by atoms with Crippen LogP contribution in [0.25, 0.3) is 11.1 Å². The lowest BCUT2D eigenvalue weighted by Crippen LogP contribution is -2.35. The molecule has 0 atom stereocenters. The lowest BCUT2D eigenvalue weighted by molar-refractivity contribution is -0.122. The summed E-state index contributed by atoms with van der Waals surface area (Å²) < 4.78 is 20.7. The van der Waals surface area contributed by atoms with Crippen molar-refractivity contribution >= 4 is 5.91 Å². The van der Waals surface area contributed by atoms with Gasteiger partial charge in [-0.25, -0.2) is 4.39 Å². The number of benzene rings is 2. The highest BCUT2D eigenvalue weighted by molar-refractivity contribution is 5.87. The molecule has 0 spiro atoms. The molecule has 1 aliphatic rings. The van der Waals surface area contributed by atoms with Crippen molar-refractivity contribution in [2.75, 3.05) is 0 Å². The number of nitrogens with two attached hydrogens (primary N) is 1. The number of hydrogen-bond donors (Lipinski definition) is 1. The molecule has 27 heavy (non-hydrogen) atoms. The van der Waals surface area contributed by atoms with E-state index in [4.69, 9.17) is 10.5 Å². The molecule has 1 saturated carbocycles. The van der Waals surface area contributed by atoms with Crippen molar-refractivity contribution in [3.63, 3.8) is 0 Å². The van der Waals surface area contributed by atoms with Crippen LogP contribution in [0.5, 0.6) is 5.75 Å². The maximum Gasteiger partial charge on any atom is 0.227 e. The van der Waals surface area contributed by atoms with Crippen molar-refractivity contribution in [2.45, 2.75) is 64.4 Å². The van der Waals surface area contributed by atoms with E-state index in [2.05, 4.69) is 0 Å². The normalized spacial score (nSPS) is 15.1. The third-order valence-corrected chi connectivity index (χ3v) is 5.68. The molecule has 3 rings (SSSR count). The van der Waals surface area contributed by atoms with Gasteiger partial charge >= 0.3 is 0 Å². The van der Waals surface area contributed by atoms with E-state index in [9.17, 15) is 9.18 Å². The van der Waals surface area contributed by atoms with E-state index in [1.165, 1.54) is 18.9 Å². The number of halogens is 1. The fourth-order valence-corrected chi connectivity index (χ4v) is 3.73. The topological polar surface area (TPSA) is 52.3 Å². The highest BCUT2D eigenvalue weighted by atomic mass is 19.1. The van der Waals surface area contributed by atoms with Crippen LogP contribution in [0.15, 0.2) is 36.4 Å². The van der Waals surface area contributed by atoms with Crippen molar-refractivity contribution in [2.24, 2.45) is 5.73 Å². The SMILES string of the molecule is CCc1c(F)cccc1-c1cc(C(C)(C)C(N)=O)ccc1OC1CCCC1. The minimum atomic E-state index is -0.819. The maximum absolute atomic E-state index is 14.4. The molecular formula is C23H28FNO2. The highest BCUT2D eigenvalue weighted by Crippen LogP contribution is 2.39. The Kier molecular flexibility index (Phi) is 5.54. The van der Waals surface area contributed by atoms with Crippen LogP contribution in [-0.4, -0.2) is 12.0 Å². The summed E-state index contributed by atoms with van der Waals surface area (Å²) in [4.78, 5) is 11.9. The molecule has 0 aromatic heterocycles. The molecule has 1 amide bonds. The number of ether oxygens (including phenoxy) is 1. The predicted molar refractivity (Wildman–Crippen MR) is 106 cm³/mol. The third-order valence-electron chi connectivity index (χ3n) is 5.68. The van der Waals surface area contributed by atoms with Crippen LogP contribution < -0.4 is 10.5 Å². The fourth-order valence-electron chi connectivity index (χ4n) is 3.73. The molecule has 0 bridgehead atoms. The first-order valence-corrected chi connectivity index (χ1v) is 9.73. The van der Waals surface area contributed by atoms with Crippen molar-refractivity contribution in [1.29, 1.82) is 0 Å². The lowest BCUT2D eigenvalue weighted by atomic mass is 9.82. The van der Waals surface area contributed by atoms with Gasteiger partial charge in [0.1, 0.15) is 11.6 Å². The zero-order valence-electron chi connectivity index (χ0n) is 16.3. The van der Waals surface area contributed by atoms with Crippen molar-refractivity contribution < 1.29 is 13.9 Å². The van der Waals surface area contributed by atoms with Gasteiger partial charge < -0.3 is 10.5 Å². The Balaban J connectivity index is 2.15. The van der Waals surface area contributed by atoms with Gasteiger partial charge in [0, 0.05) is 5.56 Å². The summed E-state index contributed by atoms with van der Waals surface area (Å²) in [5.41, 5.74) is 7.89.